The van der Waals surface area contributed by atoms with Crippen molar-refractivity contribution in [3.05, 3.63) is 95.1 Å². The number of carboxylic acid groups (broad SMARTS) is 1. The first-order valence-corrected chi connectivity index (χ1v) is 13.5. The van der Waals surface area contributed by atoms with E-state index in [1.165, 1.54) is 22.3 Å². The zero-order chi connectivity index (χ0) is 28.4. The monoisotopic (exact) mass is 527 g/mol. The van der Waals surface area contributed by atoms with Gasteiger partial charge in [-0.25, -0.2) is 0 Å². The van der Waals surface area contributed by atoms with E-state index in [0.29, 0.717) is 5.56 Å². The highest BCUT2D eigenvalue weighted by Crippen LogP contribution is 2.53. The summed E-state index contributed by atoms with van der Waals surface area (Å²) >= 11 is 0. The average molecular weight is 528 g/mol. The number of nitrogens with one attached hydrogen (secondary N) is 1. The number of Topliss-reactive ketones (excluding diaryl/α,β-unsaturated/α-hetero) is 1. The third-order valence-electron chi connectivity index (χ3n) is 6.98. The SMILES string of the molecule is CC(=O)O.CCCC1(CCC)c2ccccc2-c2ccc(C(=O)C(=N)CCC(=O)OCc3ccccc3)cc21. The summed E-state index contributed by atoms with van der Waals surface area (Å²) in [5, 5.41) is 15.8. The summed E-state index contributed by atoms with van der Waals surface area (Å²) in [6, 6.07) is 23.9. The molecule has 39 heavy (non-hydrogen) atoms. The zero-order valence-corrected chi connectivity index (χ0v) is 23.0. The number of ketones is 1. The number of carboxylic acids is 1. The minimum absolute atomic E-state index is 0.0173. The summed E-state index contributed by atoms with van der Waals surface area (Å²) in [6.45, 7) is 5.70. The van der Waals surface area contributed by atoms with Crippen molar-refractivity contribution in [3.63, 3.8) is 0 Å². The van der Waals surface area contributed by atoms with Gasteiger partial charge in [0, 0.05) is 24.3 Å². The maximum atomic E-state index is 13.2. The molecule has 0 spiro atoms. The van der Waals surface area contributed by atoms with E-state index >= 15 is 0 Å². The standard InChI is InChI=1S/C31H33NO3.C2H4O2/c1-3-18-31(19-4-2)26-13-9-8-12-24(26)25-15-14-23(20-27(25)31)30(34)28(32)16-17-29(33)35-21-22-10-6-5-7-11-22;1-2(3)4/h5-15,20,32H,3-4,16-19,21H2,1-2H3;1H3,(H,3,4). The van der Waals surface area contributed by atoms with Gasteiger partial charge in [-0.3, -0.25) is 14.4 Å². The molecule has 0 atom stereocenters. The van der Waals surface area contributed by atoms with Gasteiger partial charge in [-0.1, -0.05) is 93.4 Å². The van der Waals surface area contributed by atoms with Crippen LogP contribution >= 0.6 is 0 Å². The van der Waals surface area contributed by atoms with E-state index in [-0.39, 0.29) is 36.4 Å². The fraction of sp³-hybridized carbons (Fsp3) is 0.333. The van der Waals surface area contributed by atoms with Crippen LogP contribution in [0.1, 0.15) is 86.3 Å². The maximum Gasteiger partial charge on any atom is 0.306 e. The molecule has 0 heterocycles. The number of carbonyl (C=O) groups is 3. The van der Waals surface area contributed by atoms with Gasteiger partial charge < -0.3 is 15.3 Å². The lowest BCUT2D eigenvalue weighted by Gasteiger charge is -2.32. The molecule has 0 aromatic heterocycles. The fourth-order valence-corrected chi connectivity index (χ4v) is 5.44. The number of hydrogen-bond donors (Lipinski definition) is 2. The highest BCUT2D eigenvalue weighted by molar-refractivity contribution is 6.45. The topological polar surface area (TPSA) is 105 Å². The molecule has 4 rings (SSSR count). The molecule has 6 heteroatoms. The zero-order valence-electron chi connectivity index (χ0n) is 23.0. The average Bonchev–Trinajstić information content (AvgIpc) is 3.20. The molecule has 3 aromatic rings. The second-order valence-electron chi connectivity index (χ2n) is 9.86. The van der Waals surface area contributed by atoms with Crippen molar-refractivity contribution < 1.29 is 24.2 Å². The maximum absolute atomic E-state index is 13.2. The number of rotatable bonds is 11. The van der Waals surface area contributed by atoms with Gasteiger partial charge in [-0.05, 0) is 46.7 Å². The molecule has 0 radical (unpaired) electrons. The Morgan fingerprint density at radius 2 is 1.41 bits per heavy atom. The van der Waals surface area contributed by atoms with Crippen LogP contribution in [0.4, 0.5) is 0 Å². The van der Waals surface area contributed by atoms with Crippen LogP contribution in [0, 0.1) is 5.41 Å². The Balaban J connectivity index is 0.000000983. The van der Waals surface area contributed by atoms with Crippen molar-refractivity contribution in [2.75, 3.05) is 0 Å². The lowest BCUT2D eigenvalue weighted by molar-refractivity contribution is -0.144. The lowest BCUT2D eigenvalue weighted by Crippen LogP contribution is -2.25. The van der Waals surface area contributed by atoms with Gasteiger partial charge in [-0.15, -0.1) is 0 Å². The van der Waals surface area contributed by atoms with Gasteiger partial charge in [0.05, 0.1) is 12.1 Å². The first-order chi connectivity index (χ1) is 18.7. The van der Waals surface area contributed by atoms with Crippen molar-refractivity contribution in [3.8, 4) is 11.1 Å². The number of carbonyl (C=O) groups excluding carboxylic acids is 2. The smallest absolute Gasteiger partial charge is 0.306 e. The van der Waals surface area contributed by atoms with Gasteiger partial charge in [0.25, 0.3) is 5.97 Å². The number of ether oxygens (including phenoxy) is 1. The predicted octanol–water partition coefficient (Wildman–Crippen LogP) is 7.37. The van der Waals surface area contributed by atoms with Gasteiger partial charge in [0.15, 0.2) is 0 Å². The van der Waals surface area contributed by atoms with E-state index in [2.05, 4.69) is 38.1 Å². The molecular weight excluding hydrogens is 490 g/mol. The Bertz CT molecular complexity index is 1320. The molecule has 1 aliphatic rings. The van der Waals surface area contributed by atoms with Crippen molar-refractivity contribution in [1.82, 2.24) is 0 Å². The summed E-state index contributed by atoms with van der Waals surface area (Å²) in [5.74, 6) is -1.55. The molecular formula is C33H37NO5. The summed E-state index contributed by atoms with van der Waals surface area (Å²) in [6.07, 6.45) is 4.22. The van der Waals surface area contributed by atoms with Crippen LogP contribution in [0.25, 0.3) is 11.1 Å². The van der Waals surface area contributed by atoms with E-state index in [4.69, 9.17) is 20.0 Å². The van der Waals surface area contributed by atoms with E-state index < -0.39 is 11.9 Å². The molecule has 0 fully saturated rings. The van der Waals surface area contributed by atoms with Gasteiger partial charge in [0.2, 0.25) is 5.78 Å². The van der Waals surface area contributed by atoms with Crippen LogP contribution in [0.5, 0.6) is 0 Å². The Labute approximate surface area is 230 Å². The Morgan fingerprint density at radius 1 is 0.821 bits per heavy atom. The highest BCUT2D eigenvalue weighted by Gasteiger charge is 2.41. The first kappa shape index (κ1) is 29.5. The third kappa shape index (κ3) is 7.08. The van der Waals surface area contributed by atoms with Crippen molar-refractivity contribution in [1.29, 1.82) is 5.41 Å². The highest BCUT2D eigenvalue weighted by atomic mass is 16.5. The largest absolute Gasteiger partial charge is 0.481 e. The molecule has 1 aliphatic carbocycles. The predicted molar refractivity (Wildman–Crippen MR) is 153 cm³/mol. The molecule has 0 amide bonds. The molecule has 0 saturated carbocycles. The molecule has 0 unspecified atom stereocenters. The molecule has 204 valence electrons. The van der Waals surface area contributed by atoms with Crippen LogP contribution in [0.15, 0.2) is 72.8 Å². The normalized spacial score (nSPS) is 12.4. The van der Waals surface area contributed by atoms with Crippen LogP contribution in [-0.2, 0) is 26.3 Å². The fourth-order valence-electron chi connectivity index (χ4n) is 5.44. The van der Waals surface area contributed by atoms with E-state index in [0.717, 1.165) is 38.2 Å². The van der Waals surface area contributed by atoms with E-state index in [1.54, 1.807) is 0 Å². The van der Waals surface area contributed by atoms with Crippen molar-refractivity contribution in [2.45, 2.75) is 71.3 Å². The summed E-state index contributed by atoms with van der Waals surface area (Å²) in [4.78, 5) is 34.3. The van der Waals surface area contributed by atoms with Crippen LogP contribution in [-0.4, -0.2) is 28.5 Å². The minimum atomic E-state index is -0.833. The Kier molecular flexibility index (Phi) is 10.3. The van der Waals surface area contributed by atoms with Crippen molar-refractivity contribution in [2.24, 2.45) is 0 Å². The molecule has 3 aromatic carbocycles. The number of esters is 1. The second kappa shape index (κ2) is 13.7. The van der Waals surface area contributed by atoms with Gasteiger partial charge in [-0.2, -0.15) is 0 Å². The number of benzene rings is 3. The first-order valence-electron chi connectivity index (χ1n) is 13.5. The van der Waals surface area contributed by atoms with Crippen LogP contribution in [0.3, 0.4) is 0 Å². The molecule has 0 bridgehead atoms. The van der Waals surface area contributed by atoms with Crippen LogP contribution in [0.2, 0.25) is 0 Å². The van der Waals surface area contributed by atoms with E-state index in [9.17, 15) is 9.59 Å². The van der Waals surface area contributed by atoms with Gasteiger partial charge >= 0.3 is 5.97 Å². The van der Waals surface area contributed by atoms with Crippen molar-refractivity contribution >= 4 is 23.4 Å². The van der Waals surface area contributed by atoms with Crippen LogP contribution < -0.4 is 0 Å². The van der Waals surface area contributed by atoms with Gasteiger partial charge in [0.1, 0.15) is 6.61 Å². The molecule has 0 saturated heterocycles. The van der Waals surface area contributed by atoms with E-state index in [1.807, 2.05) is 48.5 Å². The quantitative estimate of drug-likeness (QED) is 0.154. The molecule has 2 N–H and O–H groups in total. The Morgan fingerprint density at radius 3 is 2.05 bits per heavy atom. The minimum Gasteiger partial charge on any atom is -0.481 e. The molecule has 6 nitrogen and oxygen atoms in total. The number of hydrogen-bond acceptors (Lipinski definition) is 5. The lowest BCUT2D eigenvalue weighted by atomic mass is 9.71. The number of fused-ring (bicyclic) bond motifs is 3. The Hall–Kier alpha value is -4.06. The summed E-state index contributed by atoms with van der Waals surface area (Å²) < 4.78 is 5.29. The molecule has 0 aliphatic heterocycles. The second-order valence-corrected chi connectivity index (χ2v) is 9.86. The summed E-state index contributed by atoms with van der Waals surface area (Å²) in [5.41, 5.74) is 6.26. The third-order valence-corrected chi connectivity index (χ3v) is 6.98. The number of aliphatic carboxylic acids is 1. The summed E-state index contributed by atoms with van der Waals surface area (Å²) in [7, 11) is 0.